The van der Waals surface area contributed by atoms with Crippen molar-refractivity contribution < 1.29 is 14.3 Å². The summed E-state index contributed by atoms with van der Waals surface area (Å²) >= 11 is 0. The Kier molecular flexibility index (Phi) is 5.42. The summed E-state index contributed by atoms with van der Waals surface area (Å²) in [5.74, 6) is 1.46. The van der Waals surface area contributed by atoms with E-state index in [1.54, 1.807) is 13.2 Å². The number of hydrogen-bond donors (Lipinski definition) is 1. The quantitative estimate of drug-likeness (QED) is 0.884. The third kappa shape index (κ3) is 4.52. The Labute approximate surface area is 131 Å². The van der Waals surface area contributed by atoms with Crippen molar-refractivity contribution in [1.82, 2.24) is 0 Å². The average Bonchev–Trinajstić information content (AvgIpc) is 2.51. The summed E-state index contributed by atoms with van der Waals surface area (Å²) in [6.07, 6.45) is 0.296. The molecule has 1 amide bonds. The maximum atomic E-state index is 11.9. The summed E-state index contributed by atoms with van der Waals surface area (Å²) in [4.78, 5) is 11.9. The molecular weight excluding hydrogens is 278 g/mol. The van der Waals surface area contributed by atoms with Gasteiger partial charge in [0.2, 0.25) is 5.91 Å². The zero-order valence-electron chi connectivity index (χ0n) is 13.2. The topological polar surface area (TPSA) is 47.6 Å². The predicted molar refractivity (Wildman–Crippen MR) is 87.7 cm³/mol. The van der Waals surface area contributed by atoms with Gasteiger partial charge in [-0.3, -0.25) is 4.79 Å². The van der Waals surface area contributed by atoms with E-state index in [0.717, 1.165) is 22.6 Å². The SMILES string of the molecule is COc1cccc(NC(=O)CCOc2cc(C)ccc2C)c1. The monoisotopic (exact) mass is 299 g/mol. The second-order valence-electron chi connectivity index (χ2n) is 5.15. The van der Waals surface area contributed by atoms with Crippen molar-refractivity contribution in [1.29, 1.82) is 0 Å². The van der Waals surface area contributed by atoms with E-state index in [9.17, 15) is 4.79 Å². The third-order valence-corrected chi connectivity index (χ3v) is 3.28. The lowest BCUT2D eigenvalue weighted by Gasteiger charge is -2.10. The number of hydrogen-bond acceptors (Lipinski definition) is 3. The fourth-order valence-corrected chi connectivity index (χ4v) is 2.04. The summed E-state index contributed by atoms with van der Waals surface area (Å²) in [5, 5.41) is 2.83. The molecule has 0 aliphatic carbocycles. The molecule has 4 heteroatoms. The summed E-state index contributed by atoms with van der Waals surface area (Å²) in [6, 6.07) is 13.3. The first kappa shape index (κ1) is 15.9. The number of amides is 1. The molecule has 1 N–H and O–H groups in total. The van der Waals surface area contributed by atoms with Gasteiger partial charge in [0.1, 0.15) is 11.5 Å². The first-order chi connectivity index (χ1) is 10.6. The Morgan fingerprint density at radius 1 is 1.14 bits per heavy atom. The minimum absolute atomic E-state index is 0.0847. The highest BCUT2D eigenvalue weighted by atomic mass is 16.5. The molecule has 0 radical (unpaired) electrons. The third-order valence-electron chi connectivity index (χ3n) is 3.28. The van der Waals surface area contributed by atoms with Crippen molar-refractivity contribution in [2.75, 3.05) is 19.0 Å². The molecule has 0 fully saturated rings. The number of carbonyl (C=O) groups is 1. The Hall–Kier alpha value is -2.49. The average molecular weight is 299 g/mol. The molecule has 0 spiro atoms. The summed E-state index contributed by atoms with van der Waals surface area (Å²) in [5.41, 5.74) is 2.93. The van der Waals surface area contributed by atoms with Crippen LogP contribution in [0.25, 0.3) is 0 Å². The van der Waals surface area contributed by atoms with Crippen LogP contribution in [0, 0.1) is 13.8 Å². The van der Waals surface area contributed by atoms with E-state index in [-0.39, 0.29) is 5.91 Å². The van der Waals surface area contributed by atoms with E-state index in [1.807, 2.05) is 50.2 Å². The van der Waals surface area contributed by atoms with Crippen molar-refractivity contribution in [3.63, 3.8) is 0 Å². The molecule has 0 unspecified atom stereocenters. The van der Waals surface area contributed by atoms with E-state index in [1.165, 1.54) is 0 Å². The number of benzene rings is 2. The van der Waals surface area contributed by atoms with Crippen molar-refractivity contribution >= 4 is 11.6 Å². The highest BCUT2D eigenvalue weighted by Crippen LogP contribution is 2.19. The second-order valence-corrected chi connectivity index (χ2v) is 5.15. The summed E-state index contributed by atoms with van der Waals surface area (Å²) in [6.45, 7) is 4.35. The van der Waals surface area contributed by atoms with Crippen molar-refractivity contribution in [2.45, 2.75) is 20.3 Å². The number of methoxy groups -OCH3 is 1. The molecule has 0 aliphatic heterocycles. The van der Waals surface area contributed by atoms with E-state index in [4.69, 9.17) is 9.47 Å². The largest absolute Gasteiger partial charge is 0.497 e. The predicted octanol–water partition coefficient (Wildman–Crippen LogP) is 3.72. The van der Waals surface area contributed by atoms with Gasteiger partial charge in [0.15, 0.2) is 0 Å². The molecule has 2 aromatic rings. The number of rotatable bonds is 6. The van der Waals surface area contributed by atoms with Gasteiger partial charge in [-0.2, -0.15) is 0 Å². The van der Waals surface area contributed by atoms with E-state index >= 15 is 0 Å². The lowest BCUT2D eigenvalue weighted by Crippen LogP contribution is -2.15. The highest BCUT2D eigenvalue weighted by molar-refractivity contribution is 5.90. The van der Waals surface area contributed by atoms with Gasteiger partial charge < -0.3 is 14.8 Å². The molecule has 0 bridgehead atoms. The van der Waals surface area contributed by atoms with Gasteiger partial charge in [-0.25, -0.2) is 0 Å². The smallest absolute Gasteiger partial charge is 0.227 e. The molecule has 0 atom stereocenters. The number of aryl methyl sites for hydroxylation is 2. The maximum absolute atomic E-state index is 11.9. The Morgan fingerprint density at radius 3 is 2.73 bits per heavy atom. The molecule has 0 aromatic heterocycles. The van der Waals surface area contributed by atoms with Crippen LogP contribution in [0.4, 0.5) is 5.69 Å². The fraction of sp³-hybridized carbons (Fsp3) is 0.278. The number of nitrogens with one attached hydrogen (secondary N) is 1. The van der Waals surface area contributed by atoms with Gasteiger partial charge in [0.25, 0.3) is 0 Å². The van der Waals surface area contributed by atoms with Crippen LogP contribution in [0.3, 0.4) is 0 Å². The van der Waals surface area contributed by atoms with Crippen molar-refractivity contribution in [2.24, 2.45) is 0 Å². The summed E-state index contributed by atoms with van der Waals surface area (Å²) in [7, 11) is 1.60. The maximum Gasteiger partial charge on any atom is 0.227 e. The highest BCUT2D eigenvalue weighted by Gasteiger charge is 2.05. The van der Waals surface area contributed by atoms with Crippen molar-refractivity contribution in [3.8, 4) is 11.5 Å². The summed E-state index contributed by atoms with van der Waals surface area (Å²) < 4.78 is 10.8. The van der Waals surface area contributed by atoms with Gasteiger partial charge in [-0.15, -0.1) is 0 Å². The van der Waals surface area contributed by atoms with Gasteiger partial charge >= 0.3 is 0 Å². The second kappa shape index (κ2) is 7.50. The van der Waals surface area contributed by atoms with Gasteiger partial charge in [-0.1, -0.05) is 18.2 Å². The van der Waals surface area contributed by atoms with Gasteiger partial charge in [-0.05, 0) is 43.2 Å². The van der Waals surface area contributed by atoms with Crippen LogP contribution in [-0.2, 0) is 4.79 Å². The number of anilines is 1. The molecule has 22 heavy (non-hydrogen) atoms. The lowest BCUT2D eigenvalue weighted by molar-refractivity contribution is -0.116. The lowest BCUT2D eigenvalue weighted by atomic mass is 10.1. The number of carbonyl (C=O) groups excluding carboxylic acids is 1. The van der Waals surface area contributed by atoms with Crippen LogP contribution in [0.2, 0.25) is 0 Å². The first-order valence-electron chi connectivity index (χ1n) is 7.22. The van der Waals surface area contributed by atoms with Crippen LogP contribution in [-0.4, -0.2) is 19.6 Å². The molecule has 0 saturated carbocycles. The number of ether oxygens (including phenoxy) is 2. The standard InChI is InChI=1S/C18H21NO3/c1-13-7-8-14(2)17(11-13)22-10-9-18(20)19-15-5-4-6-16(12-15)21-3/h4-8,11-12H,9-10H2,1-3H3,(H,19,20). The molecule has 2 rings (SSSR count). The van der Waals surface area contributed by atoms with E-state index in [2.05, 4.69) is 5.32 Å². The Bertz CT molecular complexity index is 653. The zero-order valence-corrected chi connectivity index (χ0v) is 13.2. The molecule has 116 valence electrons. The van der Waals surface area contributed by atoms with E-state index in [0.29, 0.717) is 18.8 Å². The van der Waals surface area contributed by atoms with Gasteiger partial charge in [0.05, 0.1) is 20.1 Å². The van der Waals surface area contributed by atoms with Crippen LogP contribution in [0.5, 0.6) is 11.5 Å². The van der Waals surface area contributed by atoms with Crippen LogP contribution in [0.1, 0.15) is 17.5 Å². The van der Waals surface area contributed by atoms with Crippen LogP contribution in [0.15, 0.2) is 42.5 Å². The van der Waals surface area contributed by atoms with Gasteiger partial charge in [0, 0.05) is 11.8 Å². The first-order valence-corrected chi connectivity index (χ1v) is 7.22. The van der Waals surface area contributed by atoms with Crippen molar-refractivity contribution in [3.05, 3.63) is 53.6 Å². The van der Waals surface area contributed by atoms with Crippen LogP contribution >= 0.6 is 0 Å². The fourth-order valence-electron chi connectivity index (χ4n) is 2.04. The molecule has 0 heterocycles. The van der Waals surface area contributed by atoms with Crippen LogP contribution < -0.4 is 14.8 Å². The molecule has 2 aromatic carbocycles. The Balaban J connectivity index is 1.84. The van der Waals surface area contributed by atoms with E-state index < -0.39 is 0 Å². The molecule has 0 saturated heterocycles. The Morgan fingerprint density at radius 2 is 1.95 bits per heavy atom. The molecule has 0 aliphatic rings. The molecular formula is C18H21NO3. The minimum atomic E-state index is -0.0847. The normalized spacial score (nSPS) is 10.1. The zero-order chi connectivity index (χ0) is 15.9. The molecule has 4 nitrogen and oxygen atoms in total. The minimum Gasteiger partial charge on any atom is -0.497 e.